The Morgan fingerprint density at radius 2 is 2.08 bits per heavy atom. The molecule has 5 nitrogen and oxygen atoms in total. The van der Waals surface area contributed by atoms with Gasteiger partial charge in [0.25, 0.3) is 5.89 Å². The van der Waals surface area contributed by atoms with Gasteiger partial charge in [-0.2, -0.15) is 0 Å². The third-order valence-corrected chi connectivity index (χ3v) is 4.12. The predicted molar refractivity (Wildman–Crippen MR) is 92.4 cm³/mol. The Hall–Kier alpha value is -2.86. The second-order valence-electron chi connectivity index (χ2n) is 6.20. The Labute approximate surface area is 144 Å². The van der Waals surface area contributed by atoms with E-state index in [-0.39, 0.29) is 5.82 Å². The van der Waals surface area contributed by atoms with Gasteiger partial charge in [0.1, 0.15) is 11.6 Å². The van der Waals surface area contributed by atoms with Crippen LogP contribution < -0.4 is 0 Å². The molecule has 128 valence electrons. The number of aromatic nitrogens is 2. The van der Waals surface area contributed by atoms with Gasteiger partial charge in [-0.25, -0.2) is 9.37 Å². The second-order valence-corrected chi connectivity index (χ2v) is 6.20. The summed E-state index contributed by atoms with van der Waals surface area (Å²) in [6.45, 7) is 3.23. The summed E-state index contributed by atoms with van der Waals surface area (Å²) in [7, 11) is 2.01. The molecule has 3 heterocycles. The highest BCUT2D eigenvalue weighted by molar-refractivity contribution is 5.80. The van der Waals surface area contributed by atoms with Crippen molar-refractivity contribution < 1.29 is 13.2 Å². The minimum absolute atomic E-state index is 0.227. The molecule has 1 aromatic carbocycles. The first-order chi connectivity index (χ1) is 12.1. The van der Waals surface area contributed by atoms with Gasteiger partial charge < -0.3 is 13.8 Å². The molecule has 0 bridgehead atoms. The quantitative estimate of drug-likeness (QED) is 0.582. The van der Waals surface area contributed by atoms with Crippen LogP contribution in [0.15, 0.2) is 51.5 Å². The third kappa shape index (κ3) is 3.21. The molecule has 0 radical (unpaired) electrons. The Bertz CT molecular complexity index is 1000. The van der Waals surface area contributed by atoms with Crippen molar-refractivity contribution in [3.8, 4) is 11.7 Å². The third-order valence-electron chi connectivity index (χ3n) is 4.12. The normalized spacial score (nSPS) is 11.7. The fourth-order valence-corrected chi connectivity index (χ4v) is 2.93. The van der Waals surface area contributed by atoms with Gasteiger partial charge in [-0.15, -0.1) is 0 Å². The largest absolute Gasteiger partial charge is 0.459 e. The summed E-state index contributed by atoms with van der Waals surface area (Å²) in [4.78, 5) is 9.96. The van der Waals surface area contributed by atoms with Crippen molar-refractivity contribution in [2.24, 2.45) is 0 Å². The van der Waals surface area contributed by atoms with Crippen LogP contribution in [-0.2, 0) is 13.1 Å². The van der Waals surface area contributed by atoms with E-state index in [1.807, 2.05) is 26.1 Å². The second kappa shape index (κ2) is 6.22. The molecular formula is C19H18FN3O2. The zero-order valence-electron chi connectivity index (χ0n) is 14.0. The molecule has 0 aliphatic rings. The molecule has 0 atom stereocenters. The highest BCUT2D eigenvalue weighted by Crippen LogP contribution is 2.23. The minimum atomic E-state index is -0.227. The standard InChI is InChI=1S/C19H18FN3O2/c1-12-17(22-19(25-12)18-4-3-7-24-18)11-23(2)10-15-9-13-8-14(20)5-6-16(13)21-15/h3-9,21H,10-11H2,1-2H3. The number of halogens is 1. The summed E-state index contributed by atoms with van der Waals surface area (Å²) >= 11 is 0. The number of aryl methyl sites for hydroxylation is 1. The molecule has 4 rings (SSSR count). The number of aromatic amines is 1. The number of hydrogen-bond donors (Lipinski definition) is 1. The van der Waals surface area contributed by atoms with Gasteiger partial charge in [-0.3, -0.25) is 4.90 Å². The number of nitrogens with one attached hydrogen (secondary N) is 1. The van der Waals surface area contributed by atoms with Gasteiger partial charge in [0.15, 0.2) is 5.76 Å². The Morgan fingerprint density at radius 3 is 2.88 bits per heavy atom. The number of benzene rings is 1. The lowest BCUT2D eigenvalue weighted by Gasteiger charge is -2.14. The first-order valence-electron chi connectivity index (χ1n) is 8.04. The summed E-state index contributed by atoms with van der Waals surface area (Å²) in [6, 6.07) is 10.3. The zero-order chi connectivity index (χ0) is 17.4. The number of nitrogens with zero attached hydrogens (tertiary/aromatic N) is 2. The van der Waals surface area contributed by atoms with E-state index in [2.05, 4.69) is 14.9 Å². The monoisotopic (exact) mass is 339 g/mol. The van der Waals surface area contributed by atoms with Crippen molar-refractivity contribution in [3.63, 3.8) is 0 Å². The highest BCUT2D eigenvalue weighted by Gasteiger charge is 2.15. The Morgan fingerprint density at radius 1 is 1.20 bits per heavy atom. The summed E-state index contributed by atoms with van der Waals surface area (Å²) in [5.74, 6) is 1.66. The minimum Gasteiger partial charge on any atom is -0.459 e. The predicted octanol–water partition coefficient (Wildman–Crippen LogP) is 4.50. The molecule has 0 amide bonds. The van der Waals surface area contributed by atoms with Crippen molar-refractivity contribution in [3.05, 3.63) is 65.6 Å². The molecular weight excluding hydrogens is 321 g/mol. The maximum absolute atomic E-state index is 13.3. The molecule has 0 saturated heterocycles. The number of rotatable bonds is 5. The van der Waals surface area contributed by atoms with Crippen LogP contribution in [0, 0.1) is 12.7 Å². The average molecular weight is 339 g/mol. The number of furan rings is 1. The SMILES string of the molecule is Cc1oc(-c2ccco2)nc1CN(C)Cc1cc2cc(F)ccc2[nH]1. The van der Waals surface area contributed by atoms with Crippen LogP contribution in [0.3, 0.4) is 0 Å². The molecule has 0 unspecified atom stereocenters. The fourth-order valence-electron chi connectivity index (χ4n) is 2.93. The van der Waals surface area contributed by atoms with Gasteiger partial charge in [0.05, 0.1) is 12.0 Å². The van der Waals surface area contributed by atoms with Crippen LogP contribution in [0.4, 0.5) is 4.39 Å². The molecule has 6 heteroatoms. The zero-order valence-corrected chi connectivity index (χ0v) is 14.0. The fraction of sp³-hybridized carbons (Fsp3) is 0.211. The van der Waals surface area contributed by atoms with E-state index < -0.39 is 0 Å². The maximum Gasteiger partial charge on any atom is 0.263 e. The van der Waals surface area contributed by atoms with E-state index in [9.17, 15) is 4.39 Å². The molecule has 0 fully saturated rings. The summed E-state index contributed by atoms with van der Waals surface area (Å²) in [5, 5.41) is 0.876. The molecule has 0 aliphatic carbocycles. The number of H-pyrrole nitrogens is 1. The summed E-state index contributed by atoms with van der Waals surface area (Å²) in [6.07, 6.45) is 1.60. The van der Waals surface area contributed by atoms with Crippen molar-refractivity contribution in [2.75, 3.05) is 7.05 Å². The van der Waals surface area contributed by atoms with Gasteiger partial charge >= 0.3 is 0 Å². The lowest BCUT2D eigenvalue weighted by atomic mass is 10.2. The summed E-state index contributed by atoms with van der Waals surface area (Å²) in [5.41, 5.74) is 2.83. The van der Waals surface area contributed by atoms with Crippen molar-refractivity contribution in [2.45, 2.75) is 20.0 Å². The number of fused-ring (bicyclic) bond motifs is 1. The van der Waals surface area contributed by atoms with E-state index in [0.29, 0.717) is 24.7 Å². The van der Waals surface area contributed by atoms with Gasteiger partial charge in [-0.05, 0) is 50.4 Å². The molecule has 25 heavy (non-hydrogen) atoms. The number of oxazole rings is 1. The topological polar surface area (TPSA) is 58.2 Å². The van der Waals surface area contributed by atoms with Crippen LogP contribution in [0.25, 0.3) is 22.6 Å². The van der Waals surface area contributed by atoms with Crippen molar-refractivity contribution in [1.82, 2.24) is 14.9 Å². The first-order valence-corrected chi connectivity index (χ1v) is 8.04. The molecule has 3 aromatic heterocycles. The molecule has 0 spiro atoms. The van der Waals surface area contributed by atoms with Crippen LogP contribution in [0.5, 0.6) is 0 Å². The van der Waals surface area contributed by atoms with E-state index in [4.69, 9.17) is 8.83 Å². The number of hydrogen-bond acceptors (Lipinski definition) is 4. The first kappa shape index (κ1) is 15.7. The average Bonchev–Trinajstić information content (AvgIpc) is 3.27. The molecule has 4 aromatic rings. The molecule has 1 N–H and O–H groups in total. The van der Waals surface area contributed by atoms with Gasteiger partial charge in [0, 0.05) is 29.7 Å². The van der Waals surface area contributed by atoms with Gasteiger partial charge in [-0.1, -0.05) is 0 Å². The van der Waals surface area contributed by atoms with E-state index >= 15 is 0 Å². The Balaban J connectivity index is 1.49. The lowest BCUT2D eigenvalue weighted by Crippen LogP contribution is -2.18. The molecule has 0 saturated carbocycles. The van der Waals surface area contributed by atoms with E-state index in [0.717, 1.165) is 28.1 Å². The van der Waals surface area contributed by atoms with E-state index in [1.54, 1.807) is 18.4 Å². The van der Waals surface area contributed by atoms with Crippen LogP contribution >= 0.6 is 0 Å². The summed E-state index contributed by atoms with van der Waals surface area (Å²) < 4.78 is 24.3. The van der Waals surface area contributed by atoms with Gasteiger partial charge in [0.2, 0.25) is 0 Å². The van der Waals surface area contributed by atoms with Crippen LogP contribution in [0.2, 0.25) is 0 Å². The van der Waals surface area contributed by atoms with Crippen LogP contribution in [0.1, 0.15) is 17.1 Å². The van der Waals surface area contributed by atoms with Crippen molar-refractivity contribution in [1.29, 1.82) is 0 Å². The van der Waals surface area contributed by atoms with E-state index in [1.165, 1.54) is 12.1 Å². The maximum atomic E-state index is 13.3. The van der Waals surface area contributed by atoms with Crippen molar-refractivity contribution >= 4 is 10.9 Å². The van der Waals surface area contributed by atoms with Crippen LogP contribution in [-0.4, -0.2) is 21.9 Å². The Kier molecular flexibility index (Phi) is 3.89. The molecule has 0 aliphatic heterocycles. The highest BCUT2D eigenvalue weighted by atomic mass is 19.1. The smallest absolute Gasteiger partial charge is 0.263 e. The lowest BCUT2D eigenvalue weighted by molar-refractivity contribution is 0.310.